The lowest BCUT2D eigenvalue weighted by atomic mass is 10.2. The summed E-state index contributed by atoms with van der Waals surface area (Å²) in [6, 6.07) is 5.64. The lowest BCUT2D eigenvalue weighted by Gasteiger charge is -2.07. The maximum atomic E-state index is 11.5. The Hall–Kier alpha value is -1.44. The van der Waals surface area contributed by atoms with Gasteiger partial charge in [-0.05, 0) is 37.6 Å². The highest BCUT2D eigenvalue weighted by atomic mass is 32.2. The first-order valence-corrected chi connectivity index (χ1v) is 7.02. The van der Waals surface area contributed by atoms with Gasteiger partial charge in [0.15, 0.2) is 0 Å². The smallest absolute Gasteiger partial charge is 0.238 e. The SMILES string of the molecule is CC(N)CCC(=O)Nc1ccc(S(N)(=O)=O)cc1. The van der Waals surface area contributed by atoms with E-state index in [9.17, 15) is 13.2 Å². The standard InChI is InChI=1S/C11H17N3O3S/c1-8(12)2-7-11(15)14-9-3-5-10(6-4-9)18(13,16)17/h3-6,8H,2,7,12H2,1H3,(H,14,15)(H2,13,16,17). The van der Waals surface area contributed by atoms with Gasteiger partial charge in [0.2, 0.25) is 15.9 Å². The summed E-state index contributed by atoms with van der Waals surface area (Å²) in [5.41, 5.74) is 6.07. The fourth-order valence-corrected chi connectivity index (χ4v) is 1.83. The third-order valence-electron chi connectivity index (χ3n) is 2.29. The molecule has 0 saturated carbocycles. The Morgan fingerprint density at radius 1 is 1.33 bits per heavy atom. The number of primary sulfonamides is 1. The molecule has 0 bridgehead atoms. The molecule has 1 unspecified atom stereocenters. The van der Waals surface area contributed by atoms with Crippen molar-refractivity contribution in [2.75, 3.05) is 5.32 Å². The lowest BCUT2D eigenvalue weighted by Crippen LogP contribution is -2.19. The summed E-state index contributed by atoms with van der Waals surface area (Å²) in [6.45, 7) is 1.83. The molecular weight excluding hydrogens is 254 g/mol. The minimum Gasteiger partial charge on any atom is -0.328 e. The van der Waals surface area contributed by atoms with E-state index in [2.05, 4.69) is 5.32 Å². The summed E-state index contributed by atoms with van der Waals surface area (Å²) < 4.78 is 22.0. The number of nitrogens with one attached hydrogen (secondary N) is 1. The van der Waals surface area contributed by atoms with Crippen molar-refractivity contribution in [1.29, 1.82) is 0 Å². The Balaban J connectivity index is 2.62. The molecule has 0 spiro atoms. The van der Waals surface area contributed by atoms with Crippen molar-refractivity contribution in [2.24, 2.45) is 10.9 Å². The molecule has 0 radical (unpaired) electrons. The molecule has 1 rings (SSSR count). The Bertz CT molecular complexity index is 509. The highest BCUT2D eigenvalue weighted by molar-refractivity contribution is 7.89. The average Bonchev–Trinajstić information content (AvgIpc) is 2.26. The molecule has 0 heterocycles. The molecule has 18 heavy (non-hydrogen) atoms. The molecule has 0 saturated heterocycles. The topological polar surface area (TPSA) is 115 Å². The summed E-state index contributed by atoms with van der Waals surface area (Å²) in [7, 11) is -3.70. The number of carbonyl (C=O) groups is 1. The van der Waals surface area contributed by atoms with E-state index >= 15 is 0 Å². The van der Waals surface area contributed by atoms with Crippen LogP contribution in [0, 0.1) is 0 Å². The third-order valence-corrected chi connectivity index (χ3v) is 3.22. The van der Waals surface area contributed by atoms with Crippen LogP contribution < -0.4 is 16.2 Å². The maximum absolute atomic E-state index is 11.5. The summed E-state index contributed by atoms with van der Waals surface area (Å²) in [5.74, 6) is -0.157. The van der Waals surface area contributed by atoms with E-state index in [-0.39, 0.29) is 16.8 Å². The largest absolute Gasteiger partial charge is 0.328 e. The molecule has 6 nitrogen and oxygen atoms in total. The zero-order valence-electron chi connectivity index (χ0n) is 10.1. The second-order valence-electron chi connectivity index (χ2n) is 4.13. The predicted octanol–water partition coefficient (Wildman–Crippen LogP) is 0.400. The van der Waals surface area contributed by atoms with E-state index in [1.807, 2.05) is 6.92 Å². The van der Waals surface area contributed by atoms with Crippen molar-refractivity contribution < 1.29 is 13.2 Å². The fourth-order valence-electron chi connectivity index (χ4n) is 1.31. The van der Waals surface area contributed by atoms with Crippen LogP contribution in [0.4, 0.5) is 5.69 Å². The van der Waals surface area contributed by atoms with E-state index < -0.39 is 10.0 Å². The second-order valence-corrected chi connectivity index (χ2v) is 5.69. The molecule has 7 heteroatoms. The van der Waals surface area contributed by atoms with Crippen LogP contribution in [0.15, 0.2) is 29.2 Å². The quantitative estimate of drug-likeness (QED) is 0.718. The number of benzene rings is 1. The average molecular weight is 271 g/mol. The molecule has 0 fully saturated rings. The molecular formula is C11H17N3O3S. The predicted molar refractivity (Wildman–Crippen MR) is 69.3 cm³/mol. The van der Waals surface area contributed by atoms with Gasteiger partial charge in [-0.1, -0.05) is 0 Å². The van der Waals surface area contributed by atoms with Crippen molar-refractivity contribution in [1.82, 2.24) is 0 Å². The van der Waals surface area contributed by atoms with E-state index in [0.29, 0.717) is 18.5 Å². The molecule has 0 aliphatic heterocycles. The van der Waals surface area contributed by atoms with E-state index in [0.717, 1.165) is 0 Å². The van der Waals surface area contributed by atoms with Gasteiger partial charge in [-0.3, -0.25) is 4.79 Å². The van der Waals surface area contributed by atoms with Crippen LogP contribution in [0.3, 0.4) is 0 Å². The number of amides is 1. The van der Waals surface area contributed by atoms with Crippen LogP contribution in [-0.2, 0) is 14.8 Å². The monoisotopic (exact) mass is 271 g/mol. The van der Waals surface area contributed by atoms with Crippen LogP contribution in [0.2, 0.25) is 0 Å². The molecule has 1 atom stereocenters. The van der Waals surface area contributed by atoms with Crippen molar-refractivity contribution >= 4 is 21.6 Å². The molecule has 1 aromatic carbocycles. The van der Waals surface area contributed by atoms with Gasteiger partial charge in [-0.15, -0.1) is 0 Å². The molecule has 1 amide bonds. The van der Waals surface area contributed by atoms with Gasteiger partial charge in [0.05, 0.1) is 4.90 Å². The van der Waals surface area contributed by atoms with Crippen LogP contribution in [0.25, 0.3) is 0 Å². The number of carbonyl (C=O) groups excluding carboxylic acids is 1. The number of hydrogen-bond donors (Lipinski definition) is 3. The summed E-state index contributed by atoms with van der Waals surface area (Å²) in [6.07, 6.45) is 0.926. The van der Waals surface area contributed by atoms with Crippen molar-refractivity contribution in [2.45, 2.75) is 30.7 Å². The van der Waals surface area contributed by atoms with E-state index in [1.54, 1.807) is 0 Å². The highest BCUT2D eigenvalue weighted by Gasteiger charge is 2.08. The molecule has 0 aliphatic carbocycles. The van der Waals surface area contributed by atoms with Gasteiger partial charge in [-0.25, -0.2) is 13.6 Å². The normalized spacial score (nSPS) is 13.1. The van der Waals surface area contributed by atoms with Gasteiger partial charge in [0, 0.05) is 18.2 Å². The fraction of sp³-hybridized carbons (Fsp3) is 0.364. The minimum absolute atomic E-state index is 0.0103. The van der Waals surface area contributed by atoms with E-state index in [4.69, 9.17) is 10.9 Å². The zero-order chi connectivity index (χ0) is 13.8. The van der Waals surface area contributed by atoms with Crippen LogP contribution >= 0.6 is 0 Å². The van der Waals surface area contributed by atoms with Gasteiger partial charge in [0.1, 0.15) is 0 Å². The Labute approximate surface area is 106 Å². The van der Waals surface area contributed by atoms with Gasteiger partial charge in [0.25, 0.3) is 0 Å². The number of sulfonamides is 1. The van der Waals surface area contributed by atoms with Gasteiger partial charge >= 0.3 is 0 Å². The Morgan fingerprint density at radius 2 is 1.89 bits per heavy atom. The van der Waals surface area contributed by atoms with Crippen molar-refractivity contribution in [3.8, 4) is 0 Å². The molecule has 100 valence electrons. The number of anilines is 1. The lowest BCUT2D eigenvalue weighted by molar-refractivity contribution is -0.116. The Morgan fingerprint density at radius 3 is 2.33 bits per heavy atom. The summed E-state index contributed by atoms with van der Waals surface area (Å²) in [4.78, 5) is 11.5. The number of rotatable bonds is 5. The van der Waals surface area contributed by atoms with Gasteiger partial charge < -0.3 is 11.1 Å². The zero-order valence-corrected chi connectivity index (χ0v) is 10.9. The minimum atomic E-state index is -3.70. The second kappa shape index (κ2) is 5.94. The van der Waals surface area contributed by atoms with Crippen LogP contribution in [0.5, 0.6) is 0 Å². The molecule has 0 aromatic heterocycles. The summed E-state index contributed by atoms with van der Waals surface area (Å²) in [5, 5.41) is 7.61. The van der Waals surface area contributed by atoms with Crippen molar-refractivity contribution in [3.05, 3.63) is 24.3 Å². The first-order chi connectivity index (χ1) is 8.29. The number of hydrogen-bond acceptors (Lipinski definition) is 4. The highest BCUT2D eigenvalue weighted by Crippen LogP contribution is 2.13. The van der Waals surface area contributed by atoms with Gasteiger partial charge in [-0.2, -0.15) is 0 Å². The molecule has 0 aliphatic rings. The van der Waals surface area contributed by atoms with Crippen LogP contribution in [-0.4, -0.2) is 20.4 Å². The van der Waals surface area contributed by atoms with Crippen LogP contribution in [0.1, 0.15) is 19.8 Å². The maximum Gasteiger partial charge on any atom is 0.238 e. The summed E-state index contributed by atoms with van der Waals surface area (Å²) >= 11 is 0. The third kappa shape index (κ3) is 4.82. The molecule has 1 aromatic rings. The first kappa shape index (κ1) is 14.6. The van der Waals surface area contributed by atoms with E-state index in [1.165, 1.54) is 24.3 Å². The Kier molecular flexibility index (Phi) is 4.83. The molecule has 5 N–H and O–H groups in total. The first-order valence-electron chi connectivity index (χ1n) is 5.47. The van der Waals surface area contributed by atoms with Crippen molar-refractivity contribution in [3.63, 3.8) is 0 Å². The number of nitrogens with two attached hydrogens (primary N) is 2.